The predicted octanol–water partition coefficient (Wildman–Crippen LogP) is 4.83. The van der Waals surface area contributed by atoms with Gasteiger partial charge in [-0.05, 0) is 37.8 Å². The average Bonchev–Trinajstić information content (AvgIpc) is 2.47. The minimum absolute atomic E-state index is 0.198. The SMILES string of the molecule is C=CCC(=O)/C1=C(/C#Cc2ccccc2)CCCCCC1. The van der Waals surface area contributed by atoms with E-state index in [4.69, 9.17) is 0 Å². The van der Waals surface area contributed by atoms with Gasteiger partial charge in [0, 0.05) is 23.1 Å². The molecule has 0 amide bonds. The van der Waals surface area contributed by atoms with Crippen molar-refractivity contribution in [1.82, 2.24) is 0 Å². The van der Waals surface area contributed by atoms with E-state index in [-0.39, 0.29) is 5.78 Å². The van der Waals surface area contributed by atoms with Gasteiger partial charge in [-0.2, -0.15) is 0 Å². The van der Waals surface area contributed by atoms with E-state index in [0.717, 1.165) is 42.4 Å². The van der Waals surface area contributed by atoms with Crippen molar-refractivity contribution in [2.45, 2.75) is 44.9 Å². The normalized spacial score (nSPS) is 18.9. The third-order valence-electron chi connectivity index (χ3n) is 3.77. The number of hydrogen-bond donors (Lipinski definition) is 0. The third kappa shape index (κ3) is 4.76. The maximum atomic E-state index is 12.3. The van der Waals surface area contributed by atoms with Crippen LogP contribution in [0.4, 0.5) is 0 Å². The van der Waals surface area contributed by atoms with E-state index in [1.54, 1.807) is 6.08 Å². The van der Waals surface area contributed by atoms with E-state index in [1.165, 1.54) is 12.8 Å². The zero-order valence-corrected chi connectivity index (χ0v) is 12.5. The lowest BCUT2D eigenvalue weighted by atomic mass is 9.90. The topological polar surface area (TPSA) is 17.1 Å². The molecule has 2 rings (SSSR count). The number of carbonyl (C=O) groups is 1. The van der Waals surface area contributed by atoms with Gasteiger partial charge in [-0.1, -0.05) is 49.0 Å². The lowest BCUT2D eigenvalue weighted by Crippen LogP contribution is -2.07. The van der Waals surface area contributed by atoms with Crippen LogP contribution in [0, 0.1) is 11.8 Å². The maximum absolute atomic E-state index is 12.3. The van der Waals surface area contributed by atoms with Crippen molar-refractivity contribution in [3.8, 4) is 11.8 Å². The number of ketones is 1. The van der Waals surface area contributed by atoms with Crippen LogP contribution in [0.5, 0.6) is 0 Å². The zero-order chi connectivity index (χ0) is 14.9. The summed E-state index contributed by atoms with van der Waals surface area (Å²) in [4.78, 5) is 12.3. The van der Waals surface area contributed by atoms with E-state index in [0.29, 0.717) is 6.42 Å². The molecule has 0 heterocycles. The molecule has 0 radical (unpaired) electrons. The number of allylic oxidation sites excluding steroid dienone is 3. The molecule has 0 aliphatic heterocycles. The highest BCUT2D eigenvalue weighted by Gasteiger charge is 2.15. The Bertz CT molecular complexity index is 581. The highest BCUT2D eigenvalue weighted by Crippen LogP contribution is 2.24. The van der Waals surface area contributed by atoms with Crippen LogP contribution in [0.3, 0.4) is 0 Å². The summed E-state index contributed by atoms with van der Waals surface area (Å²) >= 11 is 0. The molecule has 1 aromatic carbocycles. The summed E-state index contributed by atoms with van der Waals surface area (Å²) in [6.07, 6.45) is 8.58. The second kappa shape index (κ2) is 8.27. The van der Waals surface area contributed by atoms with Crippen LogP contribution in [-0.2, 0) is 4.79 Å². The van der Waals surface area contributed by atoms with E-state index in [9.17, 15) is 4.79 Å². The van der Waals surface area contributed by atoms with Gasteiger partial charge >= 0.3 is 0 Å². The zero-order valence-electron chi connectivity index (χ0n) is 12.5. The summed E-state index contributed by atoms with van der Waals surface area (Å²) in [7, 11) is 0. The molecule has 1 heteroatoms. The fourth-order valence-corrected chi connectivity index (χ4v) is 2.63. The summed E-state index contributed by atoms with van der Waals surface area (Å²) in [6.45, 7) is 3.68. The molecule has 1 nitrogen and oxygen atoms in total. The van der Waals surface area contributed by atoms with Crippen LogP contribution in [0.15, 0.2) is 54.1 Å². The largest absolute Gasteiger partial charge is 0.294 e. The Kier molecular flexibility index (Phi) is 6.03. The van der Waals surface area contributed by atoms with Crippen molar-refractivity contribution in [2.24, 2.45) is 0 Å². The molecule has 1 aliphatic rings. The summed E-state index contributed by atoms with van der Waals surface area (Å²) in [6, 6.07) is 9.96. The summed E-state index contributed by atoms with van der Waals surface area (Å²) in [5, 5.41) is 0. The van der Waals surface area contributed by atoms with Crippen LogP contribution in [-0.4, -0.2) is 5.78 Å². The third-order valence-corrected chi connectivity index (χ3v) is 3.77. The van der Waals surface area contributed by atoms with Crippen molar-refractivity contribution < 1.29 is 4.79 Å². The Morgan fingerprint density at radius 3 is 2.48 bits per heavy atom. The van der Waals surface area contributed by atoms with Gasteiger partial charge in [0.15, 0.2) is 5.78 Å². The summed E-state index contributed by atoms with van der Waals surface area (Å²) < 4.78 is 0. The van der Waals surface area contributed by atoms with Gasteiger partial charge in [-0.25, -0.2) is 0 Å². The van der Waals surface area contributed by atoms with Crippen molar-refractivity contribution >= 4 is 5.78 Å². The first kappa shape index (κ1) is 15.3. The molecule has 0 bridgehead atoms. The second-order valence-electron chi connectivity index (χ2n) is 5.40. The monoisotopic (exact) mass is 278 g/mol. The van der Waals surface area contributed by atoms with Crippen LogP contribution >= 0.6 is 0 Å². The molecule has 1 aliphatic carbocycles. The molecule has 1 aromatic rings. The molecule has 0 N–H and O–H groups in total. The van der Waals surface area contributed by atoms with Gasteiger partial charge < -0.3 is 0 Å². The number of Topliss-reactive ketones (excluding diaryl/α,β-unsaturated/α-hetero) is 1. The van der Waals surface area contributed by atoms with Crippen LogP contribution in [0.25, 0.3) is 0 Å². The predicted molar refractivity (Wildman–Crippen MR) is 87.9 cm³/mol. The Balaban J connectivity index is 2.31. The lowest BCUT2D eigenvalue weighted by molar-refractivity contribution is -0.115. The Morgan fingerprint density at radius 2 is 1.76 bits per heavy atom. The highest BCUT2D eigenvalue weighted by molar-refractivity contribution is 5.97. The fraction of sp³-hybridized carbons (Fsp3) is 0.350. The van der Waals surface area contributed by atoms with Gasteiger partial charge in [-0.15, -0.1) is 6.58 Å². The van der Waals surface area contributed by atoms with Gasteiger partial charge in [0.1, 0.15) is 0 Å². The van der Waals surface area contributed by atoms with Crippen LogP contribution < -0.4 is 0 Å². The van der Waals surface area contributed by atoms with E-state index < -0.39 is 0 Å². The number of benzene rings is 1. The lowest BCUT2D eigenvalue weighted by Gasteiger charge is -2.13. The second-order valence-corrected chi connectivity index (χ2v) is 5.40. The molecule has 0 atom stereocenters. The number of hydrogen-bond acceptors (Lipinski definition) is 1. The number of rotatable bonds is 3. The quantitative estimate of drug-likeness (QED) is 0.571. The van der Waals surface area contributed by atoms with E-state index in [1.807, 2.05) is 30.3 Å². The molecule has 0 unspecified atom stereocenters. The first-order chi connectivity index (χ1) is 10.3. The Hall–Kier alpha value is -2.07. The van der Waals surface area contributed by atoms with E-state index >= 15 is 0 Å². The molecule has 21 heavy (non-hydrogen) atoms. The molecular formula is C20H22O. The van der Waals surface area contributed by atoms with Gasteiger partial charge in [-0.3, -0.25) is 4.79 Å². The average molecular weight is 278 g/mol. The van der Waals surface area contributed by atoms with Crippen molar-refractivity contribution in [3.05, 3.63) is 59.7 Å². The molecule has 0 spiro atoms. The van der Waals surface area contributed by atoms with Crippen molar-refractivity contribution in [2.75, 3.05) is 0 Å². The maximum Gasteiger partial charge on any atom is 0.163 e. The highest BCUT2D eigenvalue weighted by atomic mass is 16.1. The van der Waals surface area contributed by atoms with Gasteiger partial charge in [0.25, 0.3) is 0 Å². The summed E-state index contributed by atoms with van der Waals surface area (Å²) in [5.41, 5.74) is 2.99. The Morgan fingerprint density at radius 1 is 1.05 bits per heavy atom. The molecular weight excluding hydrogens is 256 g/mol. The van der Waals surface area contributed by atoms with E-state index in [2.05, 4.69) is 18.4 Å². The van der Waals surface area contributed by atoms with Crippen LogP contribution in [0.1, 0.15) is 50.5 Å². The van der Waals surface area contributed by atoms with Gasteiger partial charge in [0.2, 0.25) is 0 Å². The Labute approximate surface area is 127 Å². The molecule has 0 aromatic heterocycles. The van der Waals surface area contributed by atoms with Crippen molar-refractivity contribution in [3.63, 3.8) is 0 Å². The van der Waals surface area contributed by atoms with Crippen molar-refractivity contribution in [1.29, 1.82) is 0 Å². The minimum Gasteiger partial charge on any atom is -0.294 e. The molecule has 0 saturated carbocycles. The molecule has 0 saturated heterocycles. The number of carbonyl (C=O) groups excluding carboxylic acids is 1. The molecule has 0 fully saturated rings. The minimum atomic E-state index is 0.198. The molecule has 108 valence electrons. The van der Waals surface area contributed by atoms with Gasteiger partial charge in [0.05, 0.1) is 0 Å². The first-order valence-corrected chi connectivity index (χ1v) is 7.74. The fourth-order valence-electron chi connectivity index (χ4n) is 2.63. The summed E-state index contributed by atoms with van der Waals surface area (Å²) in [5.74, 6) is 6.67. The van der Waals surface area contributed by atoms with Crippen LogP contribution in [0.2, 0.25) is 0 Å². The standard InChI is InChI=1S/C20H22O/c1-2-10-20(21)19-14-9-4-3-8-13-18(19)16-15-17-11-6-5-7-12-17/h2,5-7,11-12H,1,3-4,8-10,13-14H2/b19-18+. The first-order valence-electron chi connectivity index (χ1n) is 7.74. The smallest absolute Gasteiger partial charge is 0.163 e.